The van der Waals surface area contributed by atoms with Gasteiger partial charge in [0.2, 0.25) is 5.91 Å². The van der Waals surface area contributed by atoms with Crippen molar-refractivity contribution in [1.82, 2.24) is 5.32 Å². The molecule has 0 bridgehead atoms. The largest absolute Gasteiger partial charge is 0.416 e. The van der Waals surface area contributed by atoms with Gasteiger partial charge in [-0.3, -0.25) is 4.79 Å². The second-order valence-electron chi connectivity index (χ2n) is 5.11. The Labute approximate surface area is 120 Å². The van der Waals surface area contributed by atoms with E-state index in [0.29, 0.717) is 12.0 Å². The lowest BCUT2D eigenvalue weighted by Gasteiger charge is -2.23. The van der Waals surface area contributed by atoms with Crippen molar-refractivity contribution in [3.63, 3.8) is 0 Å². The zero-order chi connectivity index (χ0) is 15.5. The second-order valence-corrected chi connectivity index (χ2v) is 5.11. The van der Waals surface area contributed by atoms with Gasteiger partial charge in [-0.25, -0.2) is 0 Å². The lowest BCUT2D eigenvalue weighted by atomic mass is 10.0. The molecule has 2 rings (SSSR count). The van der Waals surface area contributed by atoms with E-state index in [1.807, 2.05) is 0 Å². The van der Waals surface area contributed by atoms with Crippen LogP contribution in [-0.2, 0) is 17.5 Å². The van der Waals surface area contributed by atoms with Gasteiger partial charge in [-0.2, -0.15) is 13.2 Å². The average molecular weight is 301 g/mol. The van der Waals surface area contributed by atoms with Crippen LogP contribution >= 0.6 is 0 Å². The molecule has 0 unspecified atom stereocenters. The van der Waals surface area contributed by atoms with Crippen LogP contribution in [0.1, 0.15) is 30.4 Å². The normalized spacial score (nSPS) is 19.3. The fraction of sp³-hybridized carbons (Fsp3) is 0.500. The molecule has 1 aliphatic heterocycles. The van der Waals surface area contributed by atoms with E-state index in [1.165, 1.54) is 6.07 Å². The van der Waals surface area contributed by atoms with Gasteiger partial charge in [-0.05, 0) is 43.1 Å². The highest BCUT2D eigenvalue weighted by Crippen LogP contribution is 2.32. The maximum absolute atomic E-state index is 12.8. The van der Waals surface area contributed by atoms with Crippen LogP contribution in [0.4, 0.5) is 18.9 Å². The SMILES string of the molecule is NCc1cc(NC(=O)[C@H]2CCCCN2)cc(C(F)(F)F)c1. The van der Waals surface area contributed by atoms with E-state index in [4.69, 9.17) is 5.73 Å². The fourth-order valence-electron chi connectivity index (χ4n) is 2.35. The predicted octanol–water partition coefficient (Wildman–Crippen LogP) is 2.24. The number of nitrogens with two attached hydrogens (primary N) is 1. The van der Waals surface area contributed by atoms with E-state index in [2.05, 4.69) is 10.6 Å². The van der Waals surface area contributed by atoms with E-state index in [-0.39, 0.29) is 24.2 Å². The lowest BCUT2D eigenvalue weighted by molar-refractivity contribution is -0.137. The molecular formula is C14H18F3N3O. The van der Waals surface area contributed by atoms with Gasteiger partial charge in [-0.1, -0.05) is 6.42 Å². The Morgan fingerprint density at radius 2 is 2.10 bits per heavy atom. The highest BCUT2D eigenvalue weighted by atomic mass is 19.4. The van der Waals surface area contributed by atoms with Gasteiger partial charge in [-0.15, -0.1) is 0 Å². The van der Waals surface area contributed by atoms with E-state index in [9.17, 15) is 18.0 Å². The van der Waals surface area contributed by atoms with Gasteiger partial charge in [0.15, 0.2) is 0 Å². The molecule has 1 aliphatic rings. The molecule has 0 aromatic heterocycles. The van der Waals surface area contributed by atoms with Crippen LogP contribution in [0.25, 0.3) is 0 Å². The number of halogens is 3. The first-order valence-corrected chi connectivity index (χ1v) is 6.85. The smallest absolute Gasteiger partial charge is 0.326 e. The number of benzene rings is 1. The fourth-order valence-corrected chi connectivity index (χ4v) is 2.35. The molecular weight excluding hydrogens is 283 g/mol. The van der Waals surface area contributed by atoms with E-state index < -0.39 is 11.7 Å². The standard InChI is InChI=1S/C14H18F3N3O/c15-14(16,17)10-5-9(8-18)6-11(7-10)20-13(21)12-3-1-2-4-19-12/h5-7,12,19H,1-4,8,18H2,(H,20,21)/t12-/m1/s1. The van der Waals surface area contributed by atoms with Crippen molar-refractivity contribution in [1.29, 1.82) is 0 Å². The Hall–Kier alpha value is -1.60. The van der Waals surface area contributed by atoms with Crippen LogP contribution in [0.2, 0.25) is 0 Å². The lowest BCUT2D eigenvalue weighted by Crippen LogP contribution is -2.43. The Kier molecular flexibility index (Phi) is 4.84. The molecule has 0 aliphatic carbocycles. The van der Waals surface area contributed by atoms with Crippen LogP contribution in [0.5, 0.6) is 0 Å². The zero-order valence-corrected chi connectivity index (χ0v) is 11.5. The Balaban J connectivity index is 2.16. The van der Waals surface area contributed by atoms with E-state index in [0.717, 1.165) is 31.5 Å². The molecule has 7 heteroatoms. The third kappa shape index (κ3) is 4.18. The van der Waals surface area contributed by atoms with Gasteiger partial charge in [0.25, 0.3) is 0 Å². The first kappa shape index (κ1) is 15.8. The third-order valence-electron chi connectivity index (χ3n) is 3.45. The number of hydrogen-bond donors (Lipinski definition) is 3. The summed E-state index contributed by atoms with van der Waals surface area (Å²) >= 11 is 0. The first-order valence-electron chi connectivity index (χ1n) is 6.85. The number of nitrogens with one attached hydrogen (secondary N) is 2. The Morgan fingerprint density at radius 1 is 1.33 bits per heavy atom. The summed E-state index contributed by atoms with van der Waals surface area (Å²) < 4.78 is 38.4. The Morgan fingerprint density at radius 3 is 2.67 bits per heavy atom. The molecule has 1 atom stereocenters. The van der Waals surface area contributed by atoms with Crippen molar-refractivity contribution in [2.24, 2.45) is 5.73 Å². The summed E-state index contributed by atoms with van der Waals surface area (Å²) in [5, 5.41) is 5.60. The summed E-state index contributed by atoms with van der Waals surface area (Å²) in [5.41, 5.74) is 5.06. The molecule has 1 aromatic rings. The molecule has 4 nitrogen and oxygen atoms in total. The maximum Gasteiger partial charge on any atom is 0.416 e. The van der Waals surface area contributed by atoms with Crippen molar-refractivity contribution >= 4 is 11.6 Å². The van der Waals surface area contributed by atoms with E-state index in [1.54, 1.807) is 0 Å². The number of carbonyl (C=O) groups is 1. The monoisotopic (exact) mass is 301 g/mol. The molecule has 116 valence electrons. The number of rotatable bonds is 3. The van der Waals surface area contributed by atoms with Gasteiger partial charge >= 0.3 is 6.18 Å². The topological polar surface area (TPSA) is 67.1 Å². The van der Waals surface area contributed by atoms with Crippen molar-refractivity contribution in [3.05, 3.63) is 29.3 Å². The van der Waals surface area contributed by atoms with Gasteiger partial charge in [0.05, 0.1) is 11.6 Å². The maximum atomic E-state index is 12.8. The third-order valence-corrected chi connectivity index (χ3v) is 3.45. The molecule has 1 amide bonds. The first-order chi connectivity index (χ1) is 9.90. The minimum absolute atomic E-state index is 0.0194. The predicted molar refractivity (Wildman–Crippen MR) is 73.6 cm³/mol. The number of hydrogen-bond acceptors (Lipinski definition) is 3. The van der Waals surface area contributed by atoms with Crippen LogP contribution < -0.4 is 16.4 Å². The molecule has 0 radical (unpaired) electrons. The molecule has 1 saturated heterocycles. The van der Waals surface area contributed by atoms with Gasteiger partial charge < -0.3 is 16.4 Å². The highest BCUT2D eigenvalue weighted by molar-refractivity contribution is 5.95. The quantitative estimate of drug-likeness (QED) is 0.802. The molecule has 21 heavy (non-hydrogen) atoms. The summed E-state index contributed by atoms with van der Waals surface area (Å²) in [6.45, 7) is 0.725. The molecule has 4 N–H and O–H groups in total. The summed E-state index contributed by atoms with van der Waals surface area (Å²) in [6.07, 6.45) is -1.84. The molecule has 0 spiro atoms. The second kappa shape index (κ2) is 6.44. The van der Waals surface area contributed by atoms with Crippen LogP contribution in [0.3, 0.4) is 0 Å². The summed E-state index contributed by atoms with van der Waals surface area (Å²) in [6, 6.07) is 3.04. The highest BCUT2D eigenvalue weighted by Gasteiger charge is 2.31. The summed E-state index contributed by atoms with van der Waals surface area (Å²) in [7, 11) is 0. The number of carbonyl (C=O) groups excluding carboxylic acids is 1. The van der Waals surface area contributed by atoms with Gasteiger partial charge in [0, 0.05) is 12.2 Å². The van der Waals surface area contributed by atoms with E-state index >= 15 is 0 Å². The van der Waals surface area contributed by atoms with Crippen LogP contribution in [0, 0.1) is 0 Å². The molecule has 1 fully saturated rings. The number of anilines is 1. The van der Waals surface area contributed by atoms with Crippen LogP contribution in [-0.4, -0.2) is 18.5 Å². The molecule has 1 heterocycles. The minimum atomic E-state index is -4.46. The number of alkyl halides is 3. The van der Waals surface area contributed by atoms with Crippen molar-refractivity contribution < 1.29 is 18.0 Å². The zero-order valence-electron chi connectivity index (χ0n) is 11.5. The summed E-state index contributed by atoms with van der Waals surface area (Å²) in [4.78, 5) is 12.0. The number of piperidine rings is 1. The average Bonchev–Trinajstić information content (AvgIpc) is 2.46. The van der Waals surface area contributed by atoms with Gasteiger partial charge in [0.1, 0.15) is 0 Å². The summed E-state index contributed by atoms with van der Waals surface area (Å²) in [5.74, 6) is -0.308. The Bertz CT molecular complexity index is 511. The van der Waals surface area contributed by atoms with Crippen molar-refractivity contribution in [3.8, 4) is 0 Å². The number of amides is 1. The molecule has 0 saturated carbocycles. The molecule has 1 aromatic carbocycles. The van der Waals surface area contributed by atoms with Crippen molar-refractivity contribution in [2.45, 2.75) is 38.0 Å². The van der Waals surface area contributed by atoms with Crippen molar-refractivity contribution in [2.75, 3.05) is 11.9 Å². The van der Waals surface area contributed by atoms with Crippen LogP contribution in [0.15, 0.2) is 18.2 Å². The minimum Gasteiger partial charge on any atom is -0.326 e.